The average molecular weight is 1840 g/mol. The Bertz CT molecular complexity index is 3930. The number of guanidine groups is 1. The Morgan fingerprint density at radius 1 is 0.449 bits per heavy atom. The Morgan fingerprint density at radius 3 is 1.29 bits per heavy atom. The van der Waals surface area contributed by atoms with Crippen molar-refractivity contribution >= 4 is 148 Å². The molecule has 127 heavy (non-hydrogen) atoms. The maximum Gasteiger partial charge on any atom is 0.326 e. The number of carboxylic acids is 3. The van der Waals surface area contributed by atoms with Gasteiger partial charge in [0.05, 0.1) is 25.0 Å². The highest BCUT2D eigenvalue weighted by atomic mass is 32.2. The predicted octanol–water partition coefficient (Wildman–Crippen LogP) is -8.06. The zero-order chi connectivity index (χ0) is 95.7. The van der Waals surface area contributed by atoms with Crippen LogP contribution in [0.4, 0.5) is 0 Å². The van der Waals surface area contributed by atoms with E-state index in [4.69, 9.17) is 45.9 Å². The minimum absolute atomic E-state index is 0.0194. The number of hydrogen-bond acceptors (Lipinski definition) is 27. The molecule has 17 amide bonds. The van der Waals surface area contributed by atoms with E-state index < -0.39 is 272 Å². The fraction of sp³-hybridized carbons (Fsp3) is 0.654. The second-order valence-electron chi connectivity index (χ2n) is 30.6. The Kier molecular flexibility index (Phi) is 52.2. The van der Waals surface area contributed by atoms with Gasteiger partial charge in [0, 0.05) is 38.8 Å². The first-order chi connectivity index (χ1) is 59.9. The van der Waals surface area contributed by atoms with Crippen LogP contribution in [-0.2, 0) is 102 Å². The van der Waals surface area contributed by atoms with E-state index in [9.17, 15) is 116 Å². The Morgan fingerprint density at radius 2 is 0.843 bits per heavy atom. The van der Waals surface area contributed by atoms with Gasteiger partial charge < -0.3 is 140 Å². The predicted molar refractivity (Wildman–Crippen MR) is 464 cm³/mol. The smallest absolute Gasteiger partial charge is 0.326 e. The molecule has 0 bridgehead atoms. The van der Waals surface area contributed by atoms with Crippen LogP contribution in [0.25, 0.3) is 0 Å². The van der Waals surface area contributed by atoms with Crippen LogP contribution in [0.5, 0.6) is 0 Å². The number of aliphatic carboxylic acids is 3. The molecule has 1 aromatic carbocycles. The third kappa shape index (κ3) is 42.5. The normalized spacial score (nSPS) is 16.0. The summed E-state index contributed by atoms with van der Waals surface area (Å²) in [6, 6.07) is -15.7. The van der Waals surface area contributed by atoms with Gasteiger partial charge in [0.15, 0.2) is 5.96 Å². The lowest BCUT2D eigenvalue weighted by Crippen LogP contribution is -2.62. The summed E-state index contributed by atoms with van der Waals surface area (Å²) >= 11 is 2.48. The van der Waals surface area contributed by atoms with Gasteiger partial charge in [0.2, 0.25) is 100 Å². The highest BCUT2D eigenvalue weighted by Gasteiger charge is 2.42. The van der Waals surface area contributed by atoms with Crippen molar-refractivity contribution in [1.82, 2.24) is 74.0 Å². The van der Waals surface area contributed by atoms with E-state index >= 15 is 0 Å². The molecule has 0 spiro atoms. The van der Waals surface area contributed by atoms with E-state index in [1.807, 2.05) is 0 Å². The number of carboxylic acid groups (broad SMARTS) is 3. The van der Waals surface area contributed by atoms with Crippen LogP contribution in [0.2, 0.25) is 0 Å². The molecule has 1 fully saturated rings. The number of hydrogen-bond donors (Lipinski definition) is 25. The lowest BCUT2D eigenvalue weighted by atomic mass is 9.96. The molecule has 0 aliphatic carbocycles. The second-order valence-corrected chi connectivity index (χ2v) is 32.5. The van der Waals surface area contributed by atoms with Crippen molar-refractivity contribution in [1.29, 1.82) is 0 Å². The van der Waals surface area contributed by atoms with E-state index in [0.29, 0.717) is 18.4 Å². The lowest BCUT2D eigenvalue weighted by Gasteiger charge is -2.30. The summed E-state index contributed by atoms with van der Waals surface area (Å²) in [6.07, 6.45) is -3.05. The number of aliphatic hydroxyl groups is 1. The summed E-state index contributed by atoms with van der Waals surface area (Å²) < 4.78 is 0. The Balaban J connectivity index is 2.55. The minimum atomic E-state index is -1.97. The molecule has 0 unspecified atom stereocenters. The van der Waals surface area contributed by atoms with Crippen LogP contribution in [0.15, 0.2) is 35.3 Å². The first-order valence-electron chi connectivity index (χ1n) is 41.6. The molecular formula is C78H129N23O24S2. The molecule has 17 atom stereocenters. The van der Waals surface area contributed by atoms with Crippen molar-refractivity contribution in [3.05, 3.63) is 35.9 Å². The number of benzene rings is 1. The van der Waals surface area contributed by atoms with Crippen LogP contribution >= 0.6 is 23.5 Å². The number of amides is 17. The van der Waals surface area contributed by atoms with Crippen molar-refractivity contribution in [3.63, 3.8) is 0 Å². The molecule has 47 nitrogen and oxygen atoms in total. The van der Waals surface area contributed by atoms with Gasteiger partial charge in [-0.25, -0.2) is 4.79 Å². The van der Waals surface area contributed by atoms with Gasteiger partial charge in [-0.05, 0) is 159 Å². The summed E-state index contributed by atoms with van der Waals surface area (Å²) in [5.41, 5.74) is 45.3. The summed E-state index contributed by atoms with van der Waals surface area (Å²) in [6.45, 7) is 5.69. The molecule has 1 aliphatic rings. The third-order valence-electron chi connectivity index (χ3n) is 20.2. The van der Waals surface area contributed by atoms with E-state index in [0.717, 1.165) is 6.92 Å². The lowest BCUT2D eigenvalue weighted by molar-refractivity contribution is -0.143. The summed E-state index contributed by atoms with van der Waals surface area (Å²) in [7, 11) is 0. The number of primary amides is 3. The maximum absolute atomic E-state index is 14.7. The fourth-order valence-corrected chi connectivity index (χ4v) is 13.9. The second kappa shape index (κ2) is 59.4. The molecule has 0 saturated carbocycles. The molecule has 1 heterocycles. The topological polar surface area (TPSA) is 802 Å². The summed E-state index contributed by atoms with van der Waals surface area (Å²) in [4.78, 5) is 276. The van der Waals surface area contributed by atoms with Crippen LogP contribution in [-0.4, -0.2) is 297 Å². The molecular weight excluding hydrogens is 1710 g/mol. The van der Waals surface area contributed by atoms with E-state index in [2.05, 4.69) is 74.1 Å². The van der Waals surface area contributed by atoms with Crippen molar-refractivity contribution < 1.29 is 116 Å². The first kappa shape index (κ1) is 111. The van der Waals surface area contributed by atoms with Gasteiger partial charge in [-0.3, -0.25) is 96.1 Å². The third-order valence-corrected chi connectivity index (χ3v) is 21.5. The van der Waals surface area contributed by atoms with Gasteiger partial charge in [-0.2, -0.15) is 23.5 Å². The maximum atomic E-state index is 14.7. The number of nitrogens with two attached hydrogens (primary N) is 8. The van der Waals surface area contributed by atoms with Crippen LogP contribution in [0.1, 0.15) is 168 Å². The van der Waals surface area contributed by atoms with E-state index in [-0.39, 0.29) is 121 Å². The number of rotatable bonds is 64. The number of likely N-dealkylation sites (tertiary alicyclic amines) is 1. The minimum Gasteiger partial charge on any atom is -0.481 e. The molecule has 49 heteroatoms. The monoisotopic (exact) mass is 1840 g/mol. The van der Waals surface area contributed by atoms with Crippen LogP contribution in [0.3, 0.4) is 0 Å². The van der Waals surface area contributed by atoms with E-state index in [1.165, 1.54) is 35.3 Å². The number of nitrogens with one attached hydrogen (secondary N) is 13. The highest BCUT2D eigenvalue weighted by molar-refractivity contribution is 7.98. The van der Waals surface area contributed by atoms with Gasteiger partial charge in [-0.15, -0.1) is 0 Å². The molecule has 1 saturated heterocycles. The summed E-state index contributed by atoms with van der Waals surface area (Å²) in [5, 5.41) is 72.1. The number of carbonyl (C=O) groups is 20. The van der Waals surface area contributed by atoms with Crippen molar-refractivity contribution in [2.45, 2.75) is 266 Å². The van der Waals surface area contributed by atoms with E-state index in [1.54, 1.807) is 56.7 Å². The van der Waals surface area contributed by atoms with Gasteiger partial charge >= 0.3 is 17.9 Å². The molecule has 0 aromatic heterocycles. The first-order valence-corrected chi connectivity index (χ1v) is 44.4. The average Bonchev–Trinajstić information content (AvgIpc) is 1.69. The zero-order valence-corrected chi connectivity index (χ0v) is 73.9. The molecule has 1 aliphatic heterocycles. The Hall–Kier alpha value is -11.6. The zero-order valence-electron chi connectivity index (χ0n) is 72.3. The van der Waals surface area contributed by atoms with Crippen molar-refractivity contribution in [2.24, 2.45) is 56.8 Å². The van der Waals surface area contributed by atoms with Crippen LogP contribution in [0, 0.1) is 5.92 Å². The number of thioether (sulfide) groups is 2. The molecule has 712 valence electrons. The summed E-state index contributed by atoms with van der Waals surface area (Å²) in [5.74, 6) is -22.6. The van der Waals surface area contributed by atoms with Crippen molar-refractivity contribution in [2.75, 3.05) is 50.2 Å². The Labute approximate surface area is 743 Å². The van der Waals surface area contributed by atoms with Gasteiger partial charge in [-0.1, -0.05) is 50.6 Å². The number of carbonyl (C=O) groups excluding carboxylic acids is 17. The van der Waals surface area contributed by atoms with Gasteiger partial charge in [0.25, 0.3) is 0 Å². The standard InChI is InChI=1S/C78H129N23O24S2/c1-7-40(2)61(74(121)95-50(29-35-126-5)68(115)98-53(37-43-17-9-8-10-18-43)71(118)96-52(77(124)125)25-28-60(108)109)99-69(116)48(23-26-56(82)103)94-75(122)62(42(4)102)100-70(117)51(30-36-127-6)92-65(112)46(20-12-14-32-80)89-67(114)49(24-27-59(106)107)91-66(113)47(21-15-33-87-78(85)86)90-72(119)54(39-58(84)105)97-63(110)41(3)88-64(111)45(19-11-13-31-79)93-73(120)55-22-16-34-101(55)76(123)44(81)38-57(83)104/h8-10,17-18,40-42,44-55,61-62,102H,7,11-16,19-39,79-81H2,1-6H3,(H2,82,103)(H2,83,104)(H2,84,105)(H,88,111)(H,89,114)(H,90,119)(H,91,113)(H,92,112)(H,93,120)(H,94,122)(H,95,121)(H,96,118)(H,97,110)(H,98,115)(H,99,116)(H,100,117)(H,106,107)(H,108,109)(H,124,125)(H4,85,86,87)/t40-,41-,42+,44-,45-,46-,47-,48-,49-,50-,51-,52-,53-,54-,55-,61-,62-/m0/s1. The molecule has 33 N–H and O–H groups in total. The largest absolute Gasteiger partial charge is 0.481 e. The quantitative estimate of drug-likeness (QED) is 0.0164. The number of aliphatic imine (C=N–C) groups is 1. The number of aliphatic hydroxyl groups excluding tert-OH is 1. The molecule has 1 aromatic rings. The molecule has 0 radical (unpaired) electrons. The fourth-order valence-electron chi connectivity index (χ4n) is 12.9. The molecule has 2 rings (SSSR count). The highest BCUT2D eigenvalue weighted by Crippen LogP contribution is 2.21. The number of unbranched alkanes of at least 4 members (excludes halogenated alkanes) is 2. The van der Waals surface area contributed by atoms with Crippen molar-refractivity contribution in [3.8, 4) is 0 Å². The SMILES string of the molecule is CC[C@H](C)[C@H](NC(=O)[C@H](CCC(N)=O)NC(=O)[C@@H](NC(=O)[C@H](CCSC)NC(=O)[C@H](CCCCN)NC(=O)[C@H](CCC(=O)O)NC(=O)[C@H](CCCN=C(N)N)NC(=O)[C@H](CC(N)=O)NC(=O)[C@H](C)NC(=O)[C@H](CCCCN)NC(=O)[C@@H]1CCCN1C(=O)[C@@H](N)CC(N)=O)[C@@H](C)O)C(=O)N[C@@H](CCSC)C(=O)N[C@@H](Cc1ccccc1)C(=O)N[C@@H](CCC(=O)O)C(=O)O. The van der Waals surface area contributed by atoms with Gasteiger partial charge in [0.1, 0.15) is 84.6 Å². The number of nitrogens with zero attached hydrogens (tertiary/aromatic N) is 2. The van der Waals surface area contributed by atoms with Crippen LogP contribution < -0.4 is 115 Å².